The van der Waals surface area contributed by atoms with Gasteiger partial charge in [0.2, 0.25) is 0 Å². The molecule has 0 aliphatic rings. The Morgan fingerprint density at radius 2 is 1.88 bits per heavy atom. The number of carbonyl (C=O) groups is 1. The van der Waals surface area contributed by atoms with Gasteiger partial charge >= 0.3 is 0 Å². The zero-order valence-electron chi connectivity index (χ0n) is 13.2. The van der Waals surface area contributed by atoms with Crippen LogP contribution in [0, 0.1) is 0 Å². The summed E-state index contributed by atoms with van der Waals surface area (Å²) in [6.07, 6.45) is 3.94. The molecule has 1 N–H and O–H groups in total. The van der Waals surface area contributed by atoms with Crippen LogP contribution in [0.3, 0.4) is 0 Å². The molecule has 6 heteroatoms. The Kier molecular flexibility index (Phi) is 4.91. The molecule has 0 aliphatic carbocycles. The van der Waals surface area contributed by atoms with E-state index in [1.54, 1.807) is 29.4 Å². The monoisotopic (exact) mass is 340 g/mol. The fourth-order valence-corrected chi connectivity index (χ4v) is 2.73. The van der Waals surface area contributed by atoms with Crippen LogP contribution in [0.2, 0.25) is 5.02 Å². The summed E-state index contributed by atoms with van der Waals surface area (Å²) in [4.78, 5) is 12.7. The van der Waals surface area contributed by atoms with Crippen molar-refractivity contribution in [3.63, 3.8) is 0 Å². The Labute approximate surface area is 145 Å². The maximum absolute atomic E-state index is 12.7. The van der Waals surface area contributed by atoms with E-state index in [-0.39, 0.29) is 11.9 Å². The lowest BCUT2D eigenvalue weighted by atomic mass is 10.0. The van der Waals surface area contributed by atoms with Crippen LogP contribution in [0.4, 0.5) is 0 Å². The zero-order valence-corrected chi connectivity index (χ0v) is 13.9. The minimum absolute atomic E-state index is 0.0617. The van der Waals surface area contributed by atoms with E-state index in [1.807, 2.05) is 43.3 Å². The SMILES string of the molecule is CC[C@@H](NC(=O)c1cc(-n2cnnc2)ccc1Cl)c1ccccc1. The molecule has 0 bridgehead atoms. The van der Waals surface area contributed by atoms with Gasteiger partial charge in [-0.3, -0.25) is 9.36 Å². The molecule has 1 heterocycles. The second-order valence-corrected chi connectivity index (χ2v) is 5.79. The summed E-state index contributed by atoms with van der Waals surface area (Å²) in [6.45, 7) is 2.03. The average Bonchev–Trinajstić information content (AvgIpc) is 3.15. The summed E-state index contributed by atoms with van der Waals surface area (Å²) in [5.74, 6) is -0.203. The van der Waals surface area contributed by atoms with Gasteiger partial charge in [0.15, 0.2) is 0 Å². The van der Waals surface area contributed by atoms with E-state index < -0.39 is 0 Å². The quantitative estimate of drug-likeness (QED) is 0.768. The molecule has 0 saturated heterocycles. The summed E-state index contributed by atoms with van der Waals surface area (Å²) >= 11 is 6.22. The molecule has 1 amide bonds. The highest BCUT2D eigenvalue weighted by molar-refractivity contribution is 6.33. The fraction of sp³-hybridized carbons (Fsp3) is 0.167. The van der Waals surface area contributed by atoms with Gasteiger partial charge in [-0.05, 0) is 30.2 Å². The second-order valence-electron chi connectivity index (χ2n) is 5.38. The molecule has 0 spiro atoms. The minimum atomic E-state index is -0.203. The Bertz CT molecular complexity index is 818. The number of rotatable bonds is 5. The summed E-state index contributed by atoms with van der Waals surface area (Å²) in [7, 11) is 0. The van der Waals surface area contributed by atoms with Gasteiger partial charge in [0, 0.05) is 5.69 Å². The van der Waals surface area contributed by atoms with E-state index in [1.165, 1.54) is 0 Å². The number of carbonyl (C=O) groups excluding carboxylic acids is 1. The van der Waals surface area contributed by atoms with Gasteiger partial charge in [-0.1, -0.05) is 48.9 Å². The maximum Gasteiger partial charge on any atom is 0.253 e. The van der Waals surface area contributed by atoms with Gasteiger partial charge in [0.25, 0.3) is 5.91 Å². The van der Waals surface area contributed by atoms with Crippen molar-refractivity contribution < 1.29 is 4.79 Å². The lowest BCUT2D eigenvalue weighted by Crippen LogP contribution is -2.28. The predicted octanol–water partition coefficient (Wildman–Crippen LogP) is 3.80. The third-order valence-corrected chi connectivity index (χ3v) is 4.16. The van der Waals surface area contributed by atoms with Crippen LogP contribution in [-0.2, 0) is 0 Å². The highest BCUT2D eigenvalue weighted by Crippen LogP contribution is 2.22. The van der Waals surface area contributed by atoms with Crippen LogP contribution >= 0.6 is 11.6 Å². The number of hydrogen-bond acceptors (Lipinski definition) is 3. The molecule has 2 aromatic carbocycles. The van der Waals surface area contributed by atoms with Crippen molar-refractivity contribution in [3.05, 3.63) is 77.3 Å². The highest BCUT2D eigenvalue weighted by Gasteiger charge is 2.17. The van der Waals surface area contributed by atoms with E-state index in [2.05, 4.69) is 15.5 Å². The third kappa shape index (κ3) is 3.46. The van der Waals surface area contributed by atoms with Gasteiger partial charge in [0.05, 0.1) is 16.6 Å². The molecule has 122 valence electrons. The smallest absolute Gasteiger partial charge is 0.253 e. The summed E-state index contributed by atoms with van der Waals surface area (Å²) < 4.78 is 1.72. The van der Waals surface area contributed by atoms with Crippen LogP contribution in [0.25, 0.3) is 5.69 Å². The maximum atomic E-state index is 12.7. The molecule has 3 rings (SSSR count). The van der Waals surface area contributed by atoms with E-state index in [4.69, 9.17) is 11.6 Å². The van der Waals surface area contributed by atoms with Gasteiger partial charge < -0.3 is 5.32 Å². The third-order valence-electron chi connectivity index (χ3n) is 3.83. The Balaban J connectivity index is 1.85. The van der Waals surface area contributed by atoms with Crippen molar-refractivity contribution >= 4 is 17.5 Å². The summed E-state index contributed by atoms with van der Waals surface area (Å²) in [5, 5.41) is 11.0. The Hall–Kier alpha value is -2.66. The van der Waals surface area contributed by atoms with Crippen LogP contribution in [0.1, 0.15) is 35.3 Å². The number of halogens is 1. The molecule has 24 heavy (non-hydrogen) atoms. The van der Waals surface area contributed by atoms with Crippen molar-refractivity contribution in [3.8, 4) is 5.69 Å². The lowest BCUT2D eigenvalue weighted by molar-refractivity contribution is 0.0935. The van der Waals surface area contributed by atoms with E-state index >= 15 is 0 Å². The second kappa shape index (κ2) is 7.27. The standard InChI is InChI=1S/C18H17ClN4O/c1-2-17(13-6-4-3-5-7-13)22-18(24)15-10-14(8-9-16(15)19)23-11-20-21-12-23/h3-12,17H,2H2,1H3,(H,22,24)/t17-/m1/s1. The Morgan fingerprint density at radius 3 is 2.54 bits per heavy atom. The number of hydrogen-bond donors (Lipinski definition) is 1. The number of amides is 1. The molecule has 0 fully saturated rings. The van der Waals surface area contributed by atoms with E-state index in [0.29, 0.717) is 10.6 Å². The predicted molar refractivity (Wildman–Crippen MR) is 93.3 cm³/mol. The van der Waals surface area contributed by atoms with Crippen LogP contribution < -0.4 is 5.32 Å². The van der Waals surface area contributed by atoms with Crippen molar-refractivity contribution in [2.45, 2.75) is 19.4 Å². The molecular weight excluding hydrogens is 324 g/mol. The number of nitrogens with one attached hydrogen (secondary N) is 1. The largest absolute Gasteiger partial charge is 0.345 e. The van der Waals surface area contributed by atoms with Gasteiger partial charge in [-0.15, -0.1) is 10.2 Å². The number of nitrogens with zero attached hydrogens (tertiary/aromatic N) is 3. The minimum Gasteiger partial charge on any atom is -0.345 e. The molecule has 5 nitrogen and oxygen atoms in total. The van der Waals surface area contributed by atoms with E-state index in [9.17, 15) is 4.79 Å². The molecule has 1 aromatic heterocycles. The molecule has 1 atom stereocenters. The molecule has 0 saturated carbocycles. The van der Waals surface area contributed by atoms with Crippen molar-refractivity contribution in [1.29, 1.82) is 0 Å². The Morgan fingerprint density at radius 1 is 1.17 bits per heavy atom. The lowest BCUT2D eigenvalue weighted by Gasteiger charge is -2.18. The van der Waals surface area contributed by atoms with Gasteiger partial charge in [-0.2, -0.15) is 0 Å². The first-order valence-corrected chi connectivity index (χ1v) is 8.07. The first kappa shape index (κ1) is 16.2. The molecule has 3 aromatic rings. The molecule has 0 unspecified atom stereocenters. The van der Waals surface area contributed by atoms with E-state index in [0.717, 1.165) is 17.7 Å². The van der Waals surface area contributed by atoms with Gasteiger partial charge in [-0.25, -0.2) is 0 Å². The number of benzene rings is 2. The average molecular weight is 341 g/mol. The summed E-state index contributed by atoms with van der Waals surface area (Å²) in [6, 6.07) is 15.1. The molecule has 0 radical (unpaired) electrons. The van der Waals surface area contributed by atoms with Crippen LogP contribution in [0.15, 0.2) is 61.2 Å². The van der Waals surface area contributed by atoms with Crippen molar-refractivity contribution in [2.24, 2.45) is 0 Å². The normalized spacial score (nSPS) is 11.9. The number of aromatic nitrogens is 3. The topological polar surface area (TPSA) is 59.8 Å². The zero-order chi connectivity index (χ0) is 16.9. The molecule has 0 aliphatic heterocycles. The van der Waals surface area contributed by atoms with Crippen molar-refractivity contribution in [2.75, 3.05) is 0 Å². The van der Waals surface area contributed by atoms with Crippen LogP contribution in [-0.4, -0.2) is 20.7 Å². The van der Waals surface area contributed by atoms with Crippen LogP contribution in [0.5, 0.6) is 0 Å². The van der Waals surface area contributed by atoms with Crippen molar-refractivity contribution in [1.82, 2.24) is 20.1 Å². The fourth-order valence-electron chi connectivity index (χ4n) is 2.52. The first-order valence-electron chi connectivity index (χ1n) is 7.69. The molecular formula is C18H17ClN4O. The highest BCUT2D eigenvalue weighted by atomic mass is 35.5. The first-order chi connectivity index (χ1) is 11.7. The summed E-state index contributed by atoms with van der Waals surface area (Å²) in [5.41, 5.74) is 2.28. The van der Waals surface area contributed by atoms with Gasteiger partial charge in [0.1, 0.15) is 12.7 Å².